The van der Waals surface area contributed by atoms with Crippen LogP contribution < -0.4 is 5.32 Å². The monoisotopic (exact) mass is 372 g/mol. The molecule has 6 heteroatoms. The highest BCUT2D eigenvalue weighted by atomic mass is 19.2. The Balaban J connectivity index is 1.50. The second kappa shape index (κ2) is 8.75. The van der Waals surface area contributed by atoms with Gasteiger partial charge in [0, 0.05) is 31.6 Å². The van der Waals surface area contributed by atoms with E-state index in [0.717, 1.165) is 43.6 Å². The van der Waals surface area contributed by atoms with Gasteiger partial charge >= 0.3 is 0 Å². The van der Waals surface area contributed by atoms with Gasteiger partial charge in [-0.1, -0.05) is 18.2 Å². The van der Waals surface area contributed by atoms with E-state index < -0.39 is 11.6 Å². The first-order valence-electron chi connectivity index (χ1n) is 9.12. The van der Waals surface area contributed by atoms with Crippen LogP contribution in [-0.4, -0.2) is 29.8 Å². The van der Waals surface area contributed by atoms with Crippen LogP contribution in [-0.2, 0) is 17.8 Å². The summed E-state index contributed by atoms with van der Waals surface area (Å²) in [5, 5.41) is 2.80. The van der Waals surface area contributed by atoms with Crippen molar-refractivity contribution in [1.82, 2.24) is 10.2 Å². The summed E-state index contributed by atoms with van der Waals surface area (Å²) in [5.41, 5.74) is 2.05. The van der Waals surface area contributed by atoms with Crippen LogP contribution in [0.15, 0.2) is 42.5 Å². The molecule has 1 heterocycles. The Labute approximate surface area is 157 Å². The number of halogens is 2. The van der Waals surface area contributed by atoms with Gasteiger partial charge in [0.05, 0.1) is 0 Å². The van der Waals surface area contributed by atoms with Crippen molar-refractivity contribution >= 4 is 11.8 Å². The quantitative estimate of drug-likeness (QED) is 0.844. The predicted molar refractivity (Wildman–Crippen MR) is 98.1 cm³/mol. The molecule has 1 saturated heterocycles. The van der Waals surface area contributed by atoms with E-state index in [4.69, 9.17) is 0 Å². The molecule has 4 nitrogen and oxygen atoms in total. The number of hydrogen-bond donors (Lipinski definition) is 1. The van der Waals surface area contributed by atoms with E-state index in [9.17, 15) is 18.4 Å². The zero-order valence-electron chi connectivity index (χ0n) is 15.0. The average molecular weight is 372 g/mol. The molecule has 27 heavy (non-hydrogen) atoms. The van der Waals surface area contributed by atoms with Crippen molar-refractivity contribution in [3.8, 4) is 0 Å². The van der Waals surface area contributed by atoms with Gasteiger partial charge in [-0.15, -0.1) is 0 Å². The number of benzene rings is 2. The number of amides is 2. The molecule has 0 saturated carbocycles. The fourth-order valence-corrected chi connectivity index (χ4v) is 3.16. The first-order chi connectivity index (χ1) is 13.0. The Bertz CT molecular complexity index is 833. The third kappa shape index (κ3) is 5.12. The molecule has 0 radical (unpaired) electrons. The molecule has 1 aliphatic heterocycles. The van der Waals surface area contributed by atoms with E-state index in [-0.39, 0.29) is 18.2 Å². The minimum atomic E-state index is -0.910. The zero-order chi connectivity index (χ0) is 19.2. The lowest BCUT2D eigenvalue weighted by atomic mass is 10.1. The molecule has 0 spiro atoms. The zero-order valence-corrected chi connectivity index (χ0v) is 15.0. The molecular formula is C21H22F2N2O2. The molecular weight excluding hydrogens is 350 g/mol. The van der Waals surface area contributed by atoms with Crippen LogP contribution in [0.5, 0.6) is 0 Å². The second-order valence-electron chi connectivity index (χ2n) is 6.72. The van der Waals surface area contributed by atoms with E-state index in [2.05, 4.69) is 5.32 Å². The standard InChI is InChI=1S/C21H22F2N2O2/c22-18-8-6-15(13-19(18)23)7-9-20(26)24-14-16-4-3-5-17(12-16)21(27)25-10-1-2-11-25/h3-6,8,12-13H,1-2,7,9-11,14H2,(H,24,26). The number of carbonyl (C=O) groups excluding carboxylic acids is 2. The number of aryl methyl sites for hydroxylation is 1. The van der Waals surface area contributed by atoms with E-state index in [0.29, 0.717) is 24.1 Å². The van der Waals surface area contributed by atoms with Gasteiger partial charge in [-0.3, -0.25) is 9.59 Å². The number of carbonyl (C=O) groups is 2. The number of hydrogen-bond acceptors (Lipinski definition) is 2. The average Bonchev–Trinajstić information content (AvgIpc) is 3.21. The fourth-order valence-electron chi connectivity index (χ4n) is 3.16. The summed E-state index contributed by atoms with van der Waals surface area (Å²) in [5.74, 6) is -1.96. The number of nitrogens with zero attached hydrogens (tertiary/aromatic N) is 1. The Morgan fingerprint density at radius 2 is 1.74 bits per heavy atom. The Hall–Kier alpha value is -2.76. The van der Waals surface area contributed by atoms with Crippen LogP contribution in [0.4, 0.5) is 8.78 Å². The predicted octanol–water partition coefficient (Wildman–Crippen LogP) is 3.45. The molecule has 0 bridgehead atoms. The first-order valence-corrected chi connectivity index (χ1v) is 9.12. The van der Waals surface area contributed by atoms with Crippen molar-refractivity contribution in [2.45, 2.75) is 32.2 Å². The van der Waals surface area contributed by atoms with Gasteiger partial charge in [0.1, 0.15) is 0 Å². The largest absolute Gasteiger partial charge is 0.352 e. The van der Waals surface area contributed by atoms with Crippen molar-refractivity contribution < 1.29 is 18.4 Å². The Kier molecular flexibility index (Phi) is 6.16. The molecule has 0 aliphatic carbocycles. The van der Waals surface area contributed by atoms with Crippen LogP contribution in [0, 0.1) is 11.6 Å². The van der Waals surface area contributed by atoms with Gasteiger partial charge in [-0.2, -0.15) is 0 Å². The smallest absolute Gasteiger partial charge is 0.253 e. The van der Waals surface area contributed by atoms with E-state index >= 15 is 0 Å². The summed E-state index contributed by atoms with van der Waals surface area (Å²) >= 11 is 0. The topological polar surface area (TPSA) is 49.4 Å². The van der Waals surface area contributed by atoms with Gasteiger partial charge in [-0.25, -0.2) is 8.78 Å². The number of likely N-dealkylation sites (tertiary alicyclic amines) is 1. The highest BCUT2D eigenvalue weighted by molar-refractivity contribution is 5.94. The van der Waals surface area contributed by atoms with Gasteiger partial charge in [0.2, 0.25) is 5.91 Å². The number of rotatable bonds is 6. The van der Waals surface area contributed by atoms with Crippen molar-refractivity contribution in [3.63, 3.8) is 0 Å². The molecule has 2 aromatic rings. The first kappa shape index (κ1) is 19.0. The molecule has 0 unspecified atom stereocenters. The molecule has 1 fully saturated rings. The third-order valence-electron chi connectivity index (χ3n) is 4.68. The van der Waals surface area contributed by atoms with Crippen LogP contribution in [0.2, 0.25) is 0 Å². The minimum absolute atomic E-state index is 0.0269. The lowest BCUT2D eigenvalue weighted by Crippen LogP contribution is -2.28. The van der Waals surface area contributed by atoms with Crippen molar-refractivity contribution in [2.24, 2.45) is 0 Å². The molecule has 2 aromatic carbocycles. The summed E-state index contributed by atoms with van der Waals surface area (Å²) in [7, 11) is 0. The molecule has 142 valence electrons. The van der Waals surface area contributed by atoms with Crippen LogP contribution >= 0.6 is 0 Å². The van der Waals surface area contributed by atoms with Gasteiger partial charge in [-0.05, 0) is 54.7 Å². The molecule has 0 atom stereocenters. The normalized spacial score (nSPS) is 13.6. The maximum atomic E-state index is 13.2. The van der Waals surface area contributed by atoms with Crippen LogP contribution in [0.3, 0.4) is 0 Å². The van der Waals surface area contributed by atoms with Crippen molar-refractivity contribution in [2.75, 3.05) is 13.1 Å². The van der Waals surface area contributed by atoms with Gasteiger partial charge in [0.15, 0.2) is 11.6 Å². The highest BCUT2D eigenvalue weighted by Gasteiger charge is 2.19. The lowest BCUT2D eigenvalue weighted by molar-refractivity contribution is -0.121. The van der Waals surface area contributed by atoms with E-state index in [1.807, 2.05) is 17.0 Å². The van der Waals surface area contributed by atoms with Crippen LogP contribution in [0.1, 0.15) is 40.7 Å². The highest BCUT2D eigenvalue weighted by Crippen LogP contribution is 2.14. The summed E-state index contributed by atoms with van der Waals surface area (Å²) in [6.07, 6.45) is 2.59. The van der Waals surface area contributed by atoms with E-state index in [1.54, 1.807) is 12.1 Å². The van der Waals surface area contributed by atoms with Crippen molar-refractivity contribution in [3.05, 3.63) is 70.8 Å². The lowest BCUT2D eigenvalue weighted by Gasteiger charge is -2.15. The minimum Gasteiger partial charge on any atom is -0.352 e. The number of nitrogens with one attached hydrogen (secondary N) is 1. The third-order valence-corrected chi connectivity index (χ3v) is 4.68. The second-order valence-corrected chi connectivity index (χ2v) is 6.72. The van der Waals surface area contributed by atoms with Gasteiger partial charge in [0.25, 0.3) is 5.91 Å². The summed E-state index contributed by atoms with van der Waals surface area (Å²) < 4.78 is 26.1. The molecule has 1 aliphatic rings. The summed E-state index contributed by atoms with van der Waals surface area (Å²) in [6, 6.07) is 10.9. The summed E-state index contributed by atoms with van der Waals surface area (Å²) in [6.45, 7) is 1.91. The Morgan fingerprint density at radius 1 is 0.963 bits per heavy atom. The molecule has 1 N–H and O–H groups in total. The van der Waals surface area contributed by atoms with Crippen LogP contribution in [0.25, 0.3) is 0 Å². The maximum absolute atomic E-state index is 13.2. The Morgan fingerprint density at radius 3 is 2.48 bits per heavy atom. The SMILES string of the molecule is O=C(CCc1ccc(F)c(F)c1)NCc1cccc(C(=O)N2CCCC2)c1. The van der Waals surface area contributed by atoms with Gasteiger partial charge < -0.3 is 10.2 Å². The fraction of sp³-hybridized carbons (Fsp3) is 0.333. The van der Waals surface area contributed by atoms with Crippen molar-refractivity contribution in [1.29, 1.82) is 0 Å². The maximum Gasteiger partial charge on any atom is 0.253 e. The van der Waals surface area contributed by atoms with E-state index in [1.165, 1.54) is 6.07 Å². The summed E-state index contributed by atoms with van der Waals surface area (Å²) in [4.78, 5) is 26.3. The molecule has 3 rings (SSSR count). The molecule has 2 amide bonds. The molecule has 0 aromatic heterocycles.